The molecule has 1 aliphatic heterocycles. The second-order valence-electron chi connectivity index (χ2n) is 6.37. The zero-order valence-corrected chi connectivity index (χ0v) is 14.5. The van der Waals surface area contributed by atoms with Gasteiger partial charge in [0.05, 0.1) is 18.6 Å². The highest BCUT2D eigenvalue weighted by Crippen LogP contribution is 2.38. The first kappa shape index (κ1) is 19.8. The largest absolute Gasteiger partial charge is 0.458 e. The first-order valence-electron chi connectivity index (χ1n) is 8.31. The molecule has 1 unspecified atom stereocenters. The first-order chi connectivity index (χ1) is 13.2. The number of carbonyl (C=O) groups is 1. The number of nitrogens with zero attached hydrogens (tertiary/aromatic N) is 1. The summed E-state index contributed by atoms with van der Waals surface area (Å²) in [6.07, 6.45) is -5.65. The lowest BCUT2D eigenvalue weighted by Gasteiger charge is -2.22. The highest BCUT2D eigenvalue weighted by Gasteiger charge is 2.60. The van der Waals surface area contributed by atoms with Gasteiger partial charge in [0.15, 0.2) is 0 Å². The maximum atomic E-state index is 12.9. The Bertz CT molecular complexity index is 880. The van der Waals surface area contributed by atoms with Gasteiger partial charge in [-0.2, -0.15) is 13.2 Å². The third kappa shape index (κ3) is 4.48. The predicted octanol–water partition coefficient (Wildman–Crippen LogP) is 3.06. The fraction of sp³-hybridized carbons (Fsp3) is 0.263. The van der Waals surface area contributed by atoms with Crippen molar-refractivity contribution in [1.82, 2.24) is 5.32 Å². The third-order valence-corrected chi connectivity index (χ3v) is 4.21. The molecule has 0 spiro atoms. The number of halogens is 4. The molecule has 2 aromatic rings. The van der Waals surface area contributed by atoms with Gasteiger partial charge in [-0.1, -0.05) is 41.6 Å². The lowest BCUT2D eigenvalue weighted by Crippen LogP contribution is -2.45. The molecule has 28 heavy (non-hydrogen) atoms. The number of alkyl halides is 3. The standard InChI is InChI=1S/C19H16F4N2O3/c20-15-7-3-12(4-8-15)9-17(26)24-11-13-1-5-14(6-2-13)16-10-18(27,28-25-16)19(21,22)23/h1-8,27H,9-11H2,(H,24,26). The van der Waals surface area contributed by atoms with Gasteiger partial charge >= 0.3 is 12.0 Å². The summed E-state index contributed by atoms with van der Waals surface area (Å²) in [5, 5.41) is 15.5. The number of rotatable bonds is 5. The van der Waals surface area contributed by atoms with E-state index in [1.807, 2.05) is 0 Å². The van der Waals surface area contributed by atoms with Crippen LogP contribution in [-0.4, -0.2) is 28.7 Å². The average molecular weight is 396 g/mol. The zero-order valence-electron chi connectivity index (χ0n) is 14.5. The Balaban J connectivity index is 1.54. The van der Waals surface area contributed by atoms with Crippen molar-refractivity contribution in [3.63, 3.8) is 0 Å². The molecule has 5 nitrogen and oxygen atoms in total. The Morgan fingerprint density at radius 2 is 1.71 bits per heavy atom. The van der Waals surface area contributed by atoms with E-state index in [0.717, 1.165) is 5.56 Å². The first-order valence-corrected chi connectivity index (χ1v) is 8.31. The van der Waals surface area contributed by atoms with Crippen LogP contribution in [0.3, 0.4) is 0 Å². The van der Waals surface area contributed by atoms with E-state index in [0.29, 0.717) is 11.1 Å². The molecule has 1 heterocycles. The van der Waals surface area contributed by atoms with Crippen molar-refractivity contribution in [2.24, 2.45) is 5.16 Å². The van der Waals surface area contributed by atoms with Crippen LogP contribution in [0.25, 0.3) is 0 Å². The van der Waals surface area contributed by atoms with Crippen LogP contribution < -0.4 is 5.32 Å². The van der Waals surface area contributed by atoms with Gasteiger partial charge in [0, 0.05) is 6.54 Å². The Kier molecular flexibility index (Phi) is 5.37. The second-order valence-corrected chi connectivity index (χ2v) is 6.37. The average Bonchev–Trinajstić information content (AvgIpc) is 3.06. The molecule has 2 N–H and O–H groups in total. The van der Waals surface area contributed by atoms with Crippen LogP contribution in [0.2, 0.25) is 0 Å². The molecular formula is C19H16F4N2O3. The molecule has 0 aliphatic carbocycles. The minimum atomic E-state index is -4.95. The summed E-state index contributed by atoms with van der Waals surface area (Å²) >= 11 is 0. The summed E-state index contributed by atoms with van der Waals surface area (Å²) in [6, 6.07) is 11.9. The van der Waals surface area contributed by atoms with E-state index in [1.165, 1.54) is 36.4 Å². The highest BCUT2D eigenvalue weighted by molar-refractivity contribution is 6.01. The van der Waals surface area contributed by atoms with Crippen LogP contribution in [-0.2, 0) is 22.6 Å². The van der Waals surface area contributed by atoms with Crippen molar-refractivity contribution < 1.29 is 32.3 Å². The fourth-order valence-electron chi connectivity index (χ4n) is 2.59. The Morgan fingerprint density at radius 1 is 1.11 bits per heavy atom. The van der Waals surface area contributed by atoms with Crippen LogP contribution in [0.5, 0.6) is 0 Å². The second kappa shape index (κ2) is 7.59. The number of nitrogens with one attached hydrogen (secondary N) is 1. The number of amides is 1. The number of carbonyl (C=O) groups excluding carboxylic acids is 1. The molecule has 0 bridgehead atoms. The maximum Gasteiger partial charge on any atom is 0.458 e. The van der Waals surface area contributed by atoms with Gasteiger partial charge in [0.1, 0.15) is 5.82 Å². The molecular weight excluding hydrogens is 380 g/mol. The lowest BCUT2D eigenvalue weighted by molar-refractivity contribution is -0.355. The summed E-state index contributed by atoms with van der Waals surface area (Å²) < 4.78 is 51.1. The predicted molar refractivity (Wildman–Crippen MR) is 91.6 cm³/mol. The number of oxime groups is 1. The van der Waals surface area contributed by atoms with Crippen molar-refractivity contribution in [3.05, 3.63) is 71.0 Å². The monoisotopic (exact) mass is 396 g/mol. The van der Waals surface area contributed by atoms with Gasteiger partial charge in [0.2, 0.25) is 5.91 Å². The normalized spacial score (nSPS) is 19.1. The van der Waals surface area contributed by atoms with Crippen molar-refractivity contribution >= 4 is 11.6 Å². The Morgan fingerprint density at radius 3 is 2.29 bits per heavy atom. The molecule has 1 atom stereocenters. The molecule has 3 rings (SSSR count). The van der Waals surface area contributed by atoms with Crippen molar-refractivity contribution in [3.8, 4) is 0 Å². The Hall–Kier alpha value is -2.94. The van der Waals surface area contributed by atoms with Gasteiger partial charge in [-0.3, -0.25) is 4.79 Å². The van der Waals surface area contributed by atoms with E-state index in [2.05, 4.69) is 15.3 Å². The molecule has 0 saturated heterocycles. The van der Waals surface area contributed by atoms with Crippen molar-refractivity contribution in [1.29, 1.82) is 0 Å². The van der Waals surface area contributed by atoms with Gasteiger partial charge in [0.25, 0.3) is 0 Å². The van der Waals surface area contributed by atoms with E-state index in [1.54, 1.807) is 12.1 Å². The lowest BCUT2D eigenvalue weighted by atomic mass is 10.0. The highest BCUT2D eigenvalue weighted by atomic mass is 19.4. The SMILES string of the molecule is O=C(Cc1ccc(F)cc1)NCc1ccc(C2=NOC(O)(C(F)(F)F)C2)cc1. The zero-order chi connectivity index (χ0) is 20.4. The molecule has 0 saturated carbocycles. The molecule has 0 fully saturated rings. The summed E-state index contributed by atoms with van der Waals surface area (Å²) in [5.41, 5.74) is 1.75. The minimum Gasteiger partial charge on any atom is -0.352 e. The molecule has 1 aliphatic rings. The molecule has 1 amide bonds. The van der Waals surface area contributed by atoms with Gasteiger partial charge in [-0.05, 0) is 28.8 Å². The smallest absolute Gasteiger partial charge is 0.352 e. The maximum absolute atomic E-state index is 12.9. The fourth-order valence-corrected chi connectivity index (χ4v) is 2.59. The number of benzene rings is 2. The van der Waals surface area contributed by atoms with Crippen LogP contribution in [0.15, 0.2) is 53.7 Å². The summed E-state index contributed by atoms with van der Waals surface area (Å²) in [4.78, 5) is 16.1. The van der Waals surface area contributed by atoms with Crippen LogP contribution in [0, 0.1) is 5.82 Å². The van der Waals surface area contributed by atoms with Gasteiger partial charge in [-0.15, -0.1) is 0 Å². The summed E-state index contributed by atoms with van der Waals surface area (Å²) in [5.74, 6) is -3.94. The van der Waals surface area contributed by atoms with E-state index in [4.69, 9.17) is 0 Å². The van der Waals surface area contributed by atoms with Gasteiger partial charge in [-0.25, -0.2) is 4.39 Å². The molecule has 0 radical (unpaired) electrons. The van der Waals surface area contributed by atoms with E-state index in [9.17, 15) is 27.5 Å². The molecule has 148 valence electrons. The van der Waals surface area contributed by atoms with Crippen LogP contribution >= 0.6 is 0 Å². The van der Waals surface area contributed by atoms with Gasteiger partial charge < -0.3 is 15.3 Å². The van der Waals surface area contributed by atoms with E-state index >= 15 is 0 Å². The van der Waals surface area contributed by atoms with Crippen LogP contribution in [0.4, 0.5) is 17.6 Å². The van der Waals surface area contributed by atoms with Crippen molar-refractivity contribution in [2.75, 3.05) is 0 Å². The topological polar surface area (TPSA) is 70.9 Å². The molecule has 9 heteroatoms. The minimum absolute atomic E-state index is 0.0216. The van der Waals surface area contributed by atoms with E-state index in [-0.39, 0.29) is 30.4 Å². The number of aliphatic hydroxyl groups is 1. The molecule has 0 aromatic heterocycles. The Labute approximate surface area is 157 Å². The van der Waals surface area contributed by atoms with Crippen molar-refractivity contribution in [2.45, 2.75) is 31.3 Å². The number of hydrogen-bond donors (Lipinski definition) is 2. The summed E-state index contributed by atoms with van der Waals surface area (Å²) in [6.45, 7) is 0.218. The summed E-state index contributed by atoms with van der Waals surface area (Å²) in [7, 11) is 0. The number of hydrogen-bond acceptors (Lipinski definition) is 4. The van der Waals surface area contributed by atoms with Crippen LogP contribution in [0.1, 0.15) is 23.1 Å². The quantitative estimate of drug-likeness (QED) is 0.764. The van der Waals surface area contributed by atoms with E-state index < -0.39 is 18.4 Å². The third-order valence-electron chi connectivity index (χ3n) is 4.21. The molecule has 2 aromatic carbocycles.